The quantitative estimate of drug-likeness (QED) is 0.664. The Kier molecular flexibility index (Phi) is 4.88. The fourth-order valence-electron chi connectivity index (χ4n) is 2.50. The van der Waals surface area contributed by atoms with Gasteiger partial charge in [-0.2, -0.15) is 5.10 Å². The zero-order chi connectivity index (χ0) is 16.1. The van der Waals surface area contributed by atoms with Gasteiger partial charge in [-0.15, -0.1) is 0 Å². The summed E-state index contributed by atoms with van der Waals surface area (Å²) >= 11 is 5.27. The molecule has 2 aromatic carbocycles. The van der Waals surface area contributed by atoms with E-state index in [1.165, 1.54) is 16.7 Å². The van der Waals surface area contributed by atoms with E-state index in [-0.39, 0.29) is 0 Å². The molecule has 3 aromatic rings. The Labute approximate surface area is 141 Å². The molecular weight excluding hydrogens is 304 g/mol. The van der Waals surface area contributed by atoms with Crippen molar-refractivity contribution in [3.05, 3.63) is 70.8 Å². The number of aryl methyl sites for hydroxylation is 1. The van der Waals surface area contributed by atoms with Crippen LogP contribution in [0.2, 0.25) is 0 Å². The zero-order valence-electron chi connectivity index (χ0n) is 13.1. The van der Waals surface area contributed by atoms with Gasteiger partial charge in [-0.25, -0.2) is 4.68 Å². The van der Waals surface area contributed by atoms with Crippen LogP contribution in [0.25, 0.3) is 11.1 Å². The van der Waals surface area contributed by atoms with Gasteiger partial charge in [0.05, 0.1) is 6.54 Å². The molecule has 23 heavy (non-hydrogen) atoms. The Bertz CT molecular complexity index is 803. The van der Waals surface area contributed by atoms with E-state index >= 15 is 0 Å². The second kappa shape index (κ2) is 7.24. The fraction of sp³-hybridized carbons (Fsp3) is 0.222. The lowest BCUT2D eigenvalue weighted by atomic mass is 10.0. The lowest BCUT2D eigenvalue weighted by Crippen LogP contribution is -2.17. The maximum Gasteiger partial charge on any atom is 0.214 e. The topological polar surface area (TPSA) is 45.6 Å². The Morgan fingerprint density at radius 1 is 1.04 bits per heavy atom. The van der Waals surface area contributed by atoms with Crippen LogP contribution in [0.5, 0.6) is 0 Å². The lowest BCUT2D eigenvalue weighted by Gasteiger charge is -2.10. The first kappa shape index (κ1) is 15.5. The number of benzene rings is 2. The summed E-state index contributed by atoms with van der Waals surface area (Å²) in [6, 6.07) is 19.0. The molecule has 2 N–H and O–H groups in total. The van der Waals surface area contributed by atoms with Crippen molar-refractivity contribution in [3.63, 3.8) is 0 Å². The van der Waals surface area contributed by atoms with Crippen molar-refractivity contribution in [1.82, 2.24) is 14.9 Å². The van der Waals surface area contributed by atoms with Gasteiger partial charge in [-0.1, -0.05) is 61.5 Å². The minimum Gasteiger partial charge on any atom is -0.318 e. The number of aromatic nitrogens is 3. The zero-order valence-corrected chi connectivity index (χ0v) is 13.9. The molecule has 5 heteroatoms. The normalized spacial score (nSPS) is 10.7. The number of rotatable bonds is 6. The summed E-state index contributed by atoms with van der Waals surface area (Å²) in [5, 5.41) is 7.10. The smallest absolute Gasteiger partial charge is 0.214 e. The van der Waals surface area contributed by atoms with Gasteiger partial charge in [-0.3, -0.25) is 5.10 Å². The van der Waals surface area contributed by atoms with Gasteiger partial charge < -0.3 is 5.43 Å². The maximum absolute atomic E-state index is 5.27. The standard InChI is InChI=1S/C18H20N4S/c1-2-6-17-20-21-18(23)22(17)19-13-14-9-11-16(12-10-14)15-7-4-3-5-8-15/h3-5,7-12,19H,2,6,13H2,1H3,(H,21,23). The Morgan fingerprint density at radius 3 is 2.43 bits per heavy atom. The molecule has 4 nitrogen and oxygen atoms in total. The summed E-state index contributed by atoms with van der Waals surface area (Å²) < 4.78 is 2.47. The van der Waals surface area contributed by atoms with Crippen molar-refractivity contribution in [1.29, 1.82) is 0 Å². The van der Waals surface area contributed by atoms with Crippen molar-refractivity contribution in [2.45, 2.75) is 26.3 Å². The minimum absolute atomic E-state index is 0.606. The van der Waals surface area contributed by atoms with E-state index in [1.807, 2.05) is 10.7 Å². The highest BCUT2D eigenvalue weighted by atomic mass is 32.1. The first-order valence-electron chi connectivity index (χ1n) is 7.82. The molecule has 0 atom stereocenters. The molecule has 3 rings (SSSR count). The molecule has 0 saturated carbocycles. The van der Waals surface area contributed by atoms with Crippen LogP contribution in [0, 0.1) is 4.77 Å². The second-order valence-electron chi connectivity index (χ2n) is 5.43. The summed E-state index contributed by atoms with van der Waals surface area (Å²) in [5.41, 5.74) is 7.00. The number of H-pyrrole nitrogens is 1. The van der Waals surface area contributed by atoms with E-state index in [4.69, 9.17) is 12.2 Å². The second-order valence-corrected chi connectivity index (χ2v) is 5.81. The highest BCUT2D eigenvalue weighted by Gasteiger charge is 2.04. The molecule has 1 aromatic heterocycles. The molecule has 0 saturated heterocycles. The first-order chi connectivity index (χ1) is 11.3. The van der Waals surface area contributed by atoms with Gasteiger partial charge in [0, 0.05) is 6.42 Å². The fourth-order valence-corrected chi connectivity index (χ4v) is 2.72. The van der Waals surface area contributed by atoms with Gasteiger partial charge >= 0.3 is 0 Å². The van der Waals surface area contributed by atoms with Crippen LogP contribution in [0.4, 0.5) is 0 Å². The molecule has 0 fully saturated rings. The van der Waals surface area contributed by atoms with Crippen molar-refractivity contribution < 1.29 is 0 Å². The molecule has 1 heterocycles. The summed E-state index contributed by atoms with van der Waals surface area (Å²) in [7, 11) is 0. The average molecular weight is 324 g/mol. The SMILES string of the molecule is CCCc1n[nH]c(=S)n1NCc1ccc(-c2ccccc2)cc1. The molecule has 0 amide bonds. The van der Waals surface area contributed by atoms with Gasteiger partial charge in [0.1, 0.15) is 0 Å². The molecule has 0 spiro atoms. The third kappa shape index (κ3) is 3.68. The van der Waals surface area contributed by atoms with Crippen molar-refractivity contribution >= 4 is 12.2 Å². The molecule has 118 valence electrons. The van der Waals surface area contributed by atoms with Crippen molar-refractivity contribution in [3.8, 4) is 11.1 Å². The predicted octanol–water partition coefficient (Wildman–Crippen LogP) is 4.30. The van der Waals surface area contributed by atoms with E-state index in [0.717, 1.165) is 18.7 Å². The van der Waals surface area contributed by atoms with Gasteiger partial charge in [0.15, 0.2) is 5.82 Å². The number of hydrogen-bond donors (Lipinski definition) is 2. The molecule has 0 aliphatic heterocycles. The van der Waals surface area contributed by atoms with Crippen molar-refractivity contribution in [2.24, 2.45) is 0 Å². The van der Waals surface area contributed by atoms with E-state index in [2.05, 4.69) is 71.1 Å². The number of aromatic amines is 1. The van der Waals surface area contributed by atoms with Gasteiger partial charge in [-0.05, 0) is 35.3 Å². The van der Waals surface area contributed by atoms with Crippen molar-refractivity contribution in [2.75, 3.05) is 5.43 Å². The van der Waals surface area contributed by atoms with Crippen LogP contribution >= 0.6 is 12.2 Å². The van der Waals surface area contributed by atoms with Crippen LogP contribution in [0.3, 0.4) is 0 Å². The third-order valence-electron chi connectivity index (χ3n) is 3.72. The number of hydrogen-bond acceptors (Lipinski definition) is 3. The monoisotopic (exact) mass is 324 g/mol. The van der Waals surface area contributed by atoms with E-state index in [9.17, 15) is 0 Å². The largest absolute Gasteiger partial charge is 0.318 e. The molecule has 0 radical (unpaired) electrons. The first-order valence-corrected chi connectivity index (χ1v) is 8.23. The Morgan fingerprint density at radius 2 is 1.74 bits per heavy atom. The number of nitrogens with one attached hydrogen (secondary N) is 2. The number of nitrogens with zero attached hydrogens (tertiary/aromatic N) is 2. The third-order valence-corrected chi connectivity index (χ3v) is 3.99. The van der Waals surface area contributed by atoms with Crippen LogP contribution in [-0.4, -0.2) is 14.9 Å². The molecule has 0 unspecified atom stereocenters. The summed E-state index contributed by atoms with van der Waals surface area (Å²) in [6.45, 7) is 2.84. The lowest BCUT2D eigenvalue weighted by molar-refractivity contribution is 0.731. The summed E-state index contributed by atoms with van der Waals surface area (Å²) in [4.78, 5) is 0. The highest BCUT2D eigenvalue weighted by molar-refractivity contribution is 7.71. The molecule has 0 bridgehead atoms. The van der Waals surface area contributed by atoms with Gasteiger partial charge in [0.2, 0.25) is 4.77 Å². The molecule has 0 aliphatic rings. The minimum atomic E-state index is 0.606. The molecule has 0 aliphatic carbocycles. The van der Waals surface area contributed by atoms with Crippen LogP contribution in [0.15, 0.2) is 54.6 Å². The average Bonchev–Trinajstić information content (AvgIpc) is 2.95. The van der Waals surface area contributed by atoms with Crippen LogP contribution in [0.1, 0.15) is 24.7 Å². The van der Waals surface area contributed by atoms with E-state index in [1.54, 1.807) is 0 Å². The highest BCUT2D eigenvalue weighted by Crippen LogP contribution is 2.19. The summed E-state index contributed by atoms with van der Waals surface area (Å²) in [5.74, 6) is 0.943. The van der Waals surface area contributed by atoms with E-state index < -0.39 is 0 Å². The Hall–Kier alpha value is -2.40. The van der Waals surface area contributed by atoms with Crippen LogP contribution in [-0.2, 0) is 13.0 Å². The molecular formula is C18H20N4S. The van der Waals surface area contributed by atoms with Gasteiger partial charge in [0.25, 0.3) is 0 Å². The van der Waals surface area contributed by atoms with Crippen LogP contribution < -0.4 is 5.43 Å². The summed E-state index contributed by atoms with van der Waals surface area (Å²) in [6.07, 6.45) is 1.93. The maximum atomic E-state index is 5.27. The van der Waals surface area contributed by atoms with E-state index in [0.29, 0.717) is 11.3 Å². The predicted molar refractivity (Wildman–Crippen MR) is 96.3 cm³/mol. The Balaban J connectivity index is 1.70.